The number of hydrogen-bond acceptors (Lipinski definition) is 3. The maximum Gasteiger partial charge on any atom is 0.333 e. The predicted molar refractivity (Wildman–Crippen MR) is 92.6 cm³/mol. The fourth-order valence-electron chi connectivity index (χ4n) is 1.87. The molecule has 0 bridgehead atoms. The highest BCUT2D eigenvalue weighted by Crippen LogP contribution is 2.11. The number of ether oxygens (including phenoxy) is 2. The van der Waals surface area contributed by atoms with Crippen LogP contribution in [0, 0.1) is 0 Å². The first kappa shape index (κ1) is 20.5. The van der Waals surface area contributed by atoms with E-state index < -0.39 is 0 Å². The van der Waals surface area contributed by atoms with Crippen LogP contribution in [0.25, 0.3) is 0 Å². The standard InChI is InChI=1S/C19H32O3/c1-16(2)18(5)21-14-12-10-8-6-7-9-11-13-15-22-19(20)17(3)4/h1,3,5-15H2,2,4H3. The maximum atomic E-state index is 11.1. The van der Waals surface area contributed by atoms with E-state index in [0.717, 1.165) is 31.4 Å². The summed E-state index contributed by atoms with van der Waals surface area (Å²) >= 11 is 0. The molecule has 0 aliphatic rings. The summed E-state index contributed by atoms with van der Waals surface area (Å²) in [5, 5.41) is 0. The van der Waals surface area contributed by atoms with Gasteiger partial charge in [-0.2, -0.15) is 0 Å². The predicted octanol–water partition coefficient (Wildman–Crippen LogP) is 5.33. The van der Waals surface area contributed by atoms with Gasteiger partial charge in [0.2, 0.25) is 0 Å². The fourth-order valence-corrected chi connectivity index (χ4v) is 1.87. The molecule has 0 unspecified atom stereocenters. The summed E-state index contributed by atoms with van der Waals surface area (Å²) in [7, 11) is 0. The van der Waals surface area contributed by atoms with E-state index in [1.54, 1.807) is 6.92 Å². The molecule has 0 aromatic rings. The van der Waals surface area contributed by atoms with Crippen molar-refractivity contribution < 1.29 is 14.3 Å². The van der Waals surface area contributed by atoms with Gasteiger partial charge in [0.15, 0.2) is 0 Å². The first-order valence-corrected chi connectivity index (χ1v) is 8.25. The van der Waals surface area contributed by atoms with Gasteiger partial charge in [0.1, 0.15) is 5.76 Å². The van der Waals surface area contributed by atoms with Crippen LogP contribution in [0.5, 0.6) is 0 Å². The molecule has 3 heteroatoms. The first-order chi connectivity index (χ1) is 10.4. The smallest absolute Gasteiger partial charge is 0.333 e. The zero-order valence-electron chi connectivity index (χ0n) is 14.4. The number of rotatable bonds is 14. The maximum absolute atomic E-state index is 11.1. The lowest BCUT2D eigenvalue weighted by atomic mass is 10.1. The summed E-state index contributed by atoms with van der Waals surface area (Å²) in [5.41, 5.74) is 1.37. The molecule has 0 amide bonds. The highest BCUT2D eigenvalue weighted by atomic mass is 16.5. The molecule has 3 nitrogen and oxygen atoms in total. The van der Waals surface area contributed by atoms with Crippen molar-refractivity contribution in [2.24, 2.45) is 0 Å². The van der Waals surface area contributed by atoms with Crippen LogP contribution >= 0.6 is 0 Å². The van der Waals surface area contributed by atoms with E-state index in [0.29, 0.717) is 17.9 Å². The molecule has 0 saturated heterocycles. The minimum absolute atomic E-state index is 0.281. The van der Waals surface area contributed by atoms with Crippen LogP contribution in [-0.2, 0) is 14.3 Å². The van der Waals surface area contributed by atoms with Gasteiger partial charge in [-0.3, -0.25) is 0 Å². The Kier molecular flexibility index (Phi) is 12.3. The summed E-state index contributed by atoms with van der Waals surface area (Å²) in [6, 6.07) is 0. The highest BCUT2D eigenvalue weighted by molar-refractivity contribution is 5.86. The Morgan fingerprint density at radius 2 is 1.09 bits per heavy atom. The Morgan fingerprint density at radius 1 is 0.682 bits per heavy atom. The lowest BCUT2D eigenvalue weighted by molar-refractivity contribution is -0.139. The van der Waals surface area contributed by atoms with Crippen LogP contribution in [-0.4, -0.2) is 19.2 Å². The Labute approximate surface area is 136 Å². The molecule has 22 heavy (non-hydrogen) atoms. The second-order valence-electron chi connectivity index (χ2n) is 5.80. The molecule has 0 heterocycles. The van der Waals surface area contributed by atoms with Crippen molar-refractivity contribution in [2.45, 2.75) is 65.2 Å². The van der Waals surface area contributed by atoms with Crippen LogP contribution in [0.3, 0.4) is 0 Å². The normalized spacial score (nSPS) is 10.1. The van der Waals surface area contributed by atoms with Gasteiger partial charge in [0.25, 0.3) is 0 Å². The summed E-state index contributed by atoms with van der Waals surface area (Å²) < 4.78 is 10.5. The van der Waals surface area contributed by atoms with Crippen LogP contribution in [0.15, 0.2) is 36.6 Å². The highest BCUT2D eigenvalue weighted by Gasteiger charge is 2.01. The molecule has 0 aromatic carbocycles. The number of esters is 1. The van der Waals surface area contributed by atoms with Crippen LogP contribution in [0.2, 0.25) is 0 Å². The number of unbranched alkanes of at least 4 members (excludes halogenated alkanes) is 7. The van der Waals surface area contributed by atoms with Gasteiger partial charge in [-0.25, -0.2) is 4.79 Å². The van der Waals surface area contributed by atoms with Crippen molar-refractivity contribution in [3.63, 3.8) is 0 Å². The second-order valence-corrected chi connectivity index (χ2v) is 5.80. The van der Waals surface area contributed by atoms with Crippen molar-refractivity contribution in [3.8, 4) is 0 Å². The number of hydrogen-bond donors (Lipinski definition) is 0. The van der Waals surface area contributed by atoms with E-state index in [4.69, 9.17) is 9.47 Å². The van der Waals surface area contributed by atoms with E-state index in [-0.39, 0.29) is 5.97 Å². The molecule has 0 N–H and O–H groups in total. The minimum atomic E-state index is -0.281. The van der Waals surface area contributed by atoms with E-state index in [1.165, 1.54) is 32.1 Å². The SMILES string of the molecule is C=C(C)C(=C)OCCCCCCCCCCOC(=O)C(=C)C. The molecule has 0 radical (unpaired) electrons. The van der Waals surface area contributed by atoms with E-state index in [1.807, 2.05) is 6.92 Å². The molecule has 0 aliphatic carbocycles. The van der Waals surface area contributed by atoms with Crippen LogP contribution in [0.4, 0.5) is 0 Å². The summed E-state index contributed by atoms with van der Waals surface area (Å²) in [5.74, 6) is 0.420. The van der Waals surface area contributed by atoms with Gasteiger partial charge in [0.05, 0.1) is 13.2 Å². The molecule has 0 saturated carbocycles. The van der Waals surface area contributed by atoms with Crippen molar-refractivity contribution in [1.82, 2.24) is 0 Å². The molecule has 126 valence electrons. The quantitative estimate of drug-likeness (QED) is 0.143. The number of carbonyl (C=O) groups excluding carboxylic acids is 1. The average molecular weight is 308 g/mol. The molecular weight excluding hydrogens is 276 g/mol. The topological polar surface area (TPSA) is 35.5 Å². The zero-order valence-corrected chi connectivity index (χ0v) is 14.4. The van der Waals surface area contributed by atoms with Crippen molar-refractivity contribution in [3.05, 3.63) is 36.6 Å². The summed E-state index contributed by atoms with van der Waals surface area (Å²) in [4.78, 5) is 11.1. The largest absolute Gasteiger partial charge is 0.494 e. The minimum Gasteiger partial charge on any atom is -0.494 e. The van der Waals surface area contributed by atoms with Crippen molar-refractivity contribution in [2.75, 3.05) is 13.2 Å². The molecule has 0 atom stereocenters. The van der Waals surface area contributed by atoms with Crippen molar-refractivity contribution >= 4 is 5.97 Å². The lowest BCUT2D eigenvalue weighted by Crippen LogP contribution is -2.05. The molecule has 0 fully saturated rings. The molecule has 0 spiro atoms. The second kappa shape index (κ2) is 13.2. The third kappa shape index (κ3) is 12.2. The number of allylic oxidation sites excluding steroid dienone is 1. The van der Waals surface area contributed by atoms with Gasteiger partial charge in [-0.15, -0.1) is 0 Å². The van der Waals surface area contributed by atoms with Crippen LogP contribution in [0.1, 0.15) is 65.2 Å². The van der Waals surface area contributed by atoms with Gasteiger partial charge >= 0.3 is 5.97 Å². The van der Waals surface area contributed by atoms with Gasteiger partial charge in [-0.1, -0.05) is 58.3 Å². The Balaban J connectivity index is 3.21. The molecule has 0 aromatic heterocycles. The van der Waals surface area contributed by atoms with Gasteiger partial charge < -0.3 is 9.47 Å². The van der Waals surface area contributed by atoms with E-state index >= 15 is 0 Å². The zero-order chi connectivity index (χ0) is 16.8. The first-order valence-electron chi connectivity index (χ1n) is 8.25. The molecule has 0 aliphatic heterocycles. The summed E-state index contributed by atoms with van der Waals surface area (Å²) in [6.07, 6.45) is 9.27. The van der Waals surface area contributed by atoms with Gasteiger partial charge in [-0.05, 0) is 32.3 Å². The molecule has 0 rings (SSSR count). The third-order valence-electron chi connectivity index (χ3n) is 3.37. The van der Waals surface area contributed by atoms with E-state index in [2.05, 4.69) is 19.7 Å². The Bertz CT molecular complexity index is 333. The van der Waals surface area contributed by atoms with E-state index in [9.17, 15) is 4.79 Å². The fraction of sp³-hybridized carbons (Fsp3) is 0.632. The lowest BCUT2D eigenvalue weighted by Gasteiger charge is -2.08. The summed E-state index contributed by atoms with van der Waals surface area (Å²) in [6.45, 7) is 16.0. The third-order valence-corrected chi connectivity index (χ3v) is 3.37. The molecular formula is C19H32O3. The monoisotopic (exact) mass is 308 g/mol. The Hall–Kier alpha value is -1.51. The van der Waals surface area contributed by atoms with Crippen molar-refractivity contribution in [1.29, 1.82) is 0 Å². The van der Waals surface area contributed by atoms with Crippen LogP contribution < -0.4 is 0 Å². The average Bonchev–Trinajstić information content (AvgIpc) is 2.47. The number of carbonyl (C=O) groups is 1. The Morgan fingerprint density at radius 3 is 1.50 bits per heavy atom. The van der Waals surface area contributed by atoms with Gasteiger partial charge in [0, 0.05) is 5.57 Å².